The van der Waals surface area contributed by atoms with E-state index in [4.69, 9.17) is 6.42 Å². The Morgan fingerprint density at radius 2 is 2.21 bits per heavy atom. The Kier molecular flexibility index (Phi) is 5.20. The van der Waals surface area contributed by atoms with Gasteiger partial charge in [0.2, 0.25) is 10.0 Å². The molecule has 80 valence electrons. The van der Waals surface area contributed by atoms with Crippen LogP contribution in [0.5, 0.6) is 0 Å². The Morgan fingerprint density at radius 1 is 1.64 bits per heavy atom. The summed E-state index contributed by atoms with van der Waals surface area (Å²) in [5.74, 6) is 1.49. The second-order valence-corrected chi connectivity index (χ2v) is 4.64. The largest absolute Gasteiger partial charge is 0.468 e. The van der Waals surface area contributed by atoms with Crippen LogP contribution >= 0.6 is 0 Å². The number of carbonyl (C=O) groups excluding carboxylic acids is 1. The lowest BCUT2D eigenvalue weighted by atomic mass is 10.5. The first-order valence-corrected chi connectivity index (χ1v) is 5.50. The molecule has 0 aromatic rings. The van der Waals surface area contributed by atoms with Crippen molar-refractivity contribution in [2.45, 2.75) is 18.6 Å². The van der Waals surface area contributed by atoms with Crippen LogP contribution in [0.1, 0.15) is 13.3 Å². The van der Waals surface area contributed by atoms with Gasteiger partial charge in [0, 0.05) is 13.0 Å². The lowest BCUT2D eigenvalue weighted by molar-refractivity contribution is -0.139. The zero-order valence-corrected chi connectivity index (χ0v) is 8.93. The summed E-state index contributed by atoms with van der Waals surface area (Å²) in [7, 11) is -2.53. The summed E-state index contributed by atoms with van der Waals surface area (Å²) in [6.07, 6.45) is 5.23. The van der Waals surface area contributed by atoms with Gasteiger partial charge in [-0.3, -0.25) is 4.79 Å². The number of hydrogen-bond donors (Lipinski definition) is 1. The molecule has 1 atom stereocenters. The highest BCUT2D eigenvalue weighted by molar-refractivity contribution is 7.90. The first kappa shape index (κ1) is 12.9. The first-order valence-electron chi connectivity index (χ1n) is 3.95. The molecule has 14 heavy (non-hydrogen) atoms. The van der Waals surface area contributed by atoms with E-state index >= 15 is 0 Å². The van der Waals surface area contributed by atoms with Crippen LogP contribution in [-0.2, 0) is 19.6 Å². The van der Waals surface area contributed by atoms with E-state index in [0.717, 1.165) is 7.11 Å². The maximum atomic E-state index is 11.3. The normalized spacial score (nSPS) is 12.9. The van der Waals surface area contributed by atoms with Gasteiger partial charge >= 0.3 is 5.97 Å². The Hall–Kier alpha value is -1.06. The molecule has 0 rings (SSSR count). The predicted molar refractivity (Wildman–Crippen MR) is 51.9 cm³/mol. The van der Waals surface area contributed by atoms with Crippen molar-refractivity contribution in [3.05, 3.63) is 0 Å². The molecule has 0 aromatic heterocycles. The second-order valence-electron chi connectivity index (χ2n) is 2.56. The van der Waals surface area contributed by atoms with Crippen molar-refractivity contribution in [1.29, 1.82) is 0 Å². The van der Waals surface area contributed by atoms with Crippen molar-refractivity contribution < 1.29 is 17.9 Å². The Labute approximate surface area is 83.9 Å². The number of nitrogens with one attached hydrogen (secondary N) is 1. The molecule has 0 saturated carbocycles. The van der Waals surface area contributed by atoms with Gasteiger partial charge in [0.15, 0.2) is 5.25 Å². The molecule has 0 aromatic carbocycles. The van der Waals surface area contributed by atoms with Crippen LogP contribution in [0.15, 0.2) is 0 Å². The fourth-order valence-corrected chi connectivity index (χ4v) is 1.67. The van der Waals surface area contributed by atoms with Crippen molar-refractivity contribution in [2.24, 2.45) is 0 Å². The Bertz CT molecular complexity index is 328. The average Bonchev–Trinajstić information content (AvgIpc) is 2.15. The van der Waals surface area contributed by atoms with Gasteiger partial charge < -0.3 is 4.74 Å². The number of rotatable bonds is 5. The minimum Gasteiger partial charge on any atom is -0.468 e. The van der Waals surface area contributed by atoms with Crippen molar-refractivity contribution in [3.8, 4) is 12.3 Å². The molecule has 0 spiro atoms. The van der Waals surface area contributed by atoms with Crippen LogP contribution in [-0.4, -0.2) is 33.3 Å². The fraction of sp³-hybridized carbons (Fsp3) is 0.625. The zero-order chi connectivity index (χ0) is 11.2. The number of sulfonamides is 1. The number of ether oxygens (including phenoxy) is 1. The van der Waals surface area contributed by atoms with Gasteiger partial charge in [-0.15, -0.1) is 12.3 Å². The van der Waals surface area contributed by atoms with Gasteiger partial charge in [-0.1, -0.05) is 0 Å². The molecule has 0 aliphatic rings. The Balaban J connectivity index is 4.33. The lowest BCUT2D eigenvalue weighted by Gasteiger charge is -2.10. The molecule has 0 fully saturated rings. The molecule has 1 unspecified atom stereocenters. The number of carbonyl (C=O) groups is 1. The quantitative estimate of drug-likeness (QED) is 0.384. The van der Waals surface area contributed by atoms with Crippen molar-refractivity contribution in [2.75, 3.05) is 13.7 Å². The third-order valence-electron chi connectivity index (χ3n) is 1.57. The molecule has 6 heteroatoms. The summed E-state index contributed by atoms with van der Waals surface area (Å²) in [4.78, 5) is 10.9. The van der Waals surface area contributed by atoms with E-state index in [2.05, 4.69) is 15.4 Å². The second kappa shape index (κ2) is 5.62. The summed E-state index contributed by atoms with van der Waals surface area (Å²) >= 11 is 0. The van der Waals surface area contributed by atoms with E-state index in [-0.39, 0.29) is 13.0 Å². The minimum atomic E-state index is -3.66. The van der Waals surface area contributed by atoms with Gasteiger partial charge in [-0.25, -0.2) is 13.1 Å². The predicted octanol–water partition coefficient (Wildman–Crippen LogP) is -0.509. The third-order valence-corrected chi connectivity index (χ3v) is 3.30. The molecule has 0 amide bonds. The highest BCUT2D eigenvalue weighted by atomic mass is 32.2. The van der Waals surface area contributed by atoms with Crippen LogP contribution in [0.25, 0.3) is 0 Å². The molecular weight excluding hydrogens is 206 g/mol. The number of hydrogen-bond acceptors (Lipinski definition) is 4. The summed E-state index contributed by atoms with van der Waals surface area (Å²) in [5, 5.41) is -1.22. The maximum Gasteiger partial charge on any atom is 0.325 e. The topological polar surface area (TPSA) is 72.5 Å². The van der Waals surface area contributed by atoms with Crippen LogP contribution in [0, 0.1) is 12.3 Å². The Morgan fingerprint density at radius 3 is 2.64 bits per heavy atom. The summed E-state index contributed by atoms with van der Waals surface area (Å²) < 4.78 is 29.2. The zero-order valence-electron chi connectivity index (χ0n) is 8.11. The van der Waals surface area contributed by atoms with E-state index in [1.807, 2.05) is 0 Å². The van der Waals surface area contributed by atoms with Gasteiger partial charge in [-0.05, 0) is 6.92 Å². The fourth-order valence-electron chi connectivity index (χ4n) is 0.683. The minimum absolute atomic E-state index is 0.125. The molecule has 0 aliphatic carbocycles. The van der Waals surface area contributed by atoms with E-state index in [1.165, 1.54) is 6.92 Å². The monoisotopic (exact) mass is 219 g/mol. The van der Waals surface area contributed by atoms with Gasteiger partial charge in [0.05, 0.1) is 7.11 Å². The number of terminal acetylenes is 1. The average molecular weight is 219 g/mol. The molecule has 0 radical (unpaired) electrons. The first-order chi connectivity index (χ1) is 6.45. The van der Waals surface area contributed by atoms with Crippen molar-refractivity contribution >= 4 is 16.0 Å². The molecule has 0 heterocycles. The molecule has 5 nitrogen and oxygen atoms in total. The SMILES string of the molecule is C#CCCNS(=O)(=O)C(C)C(=O)OC. The van der Waals surface area contributed by atoms with E-state index in [1.54, 1.807) is 0 Å². The van der Waals surface area contributed by atoms with Gasteiger partial charge in [-0.2, -0.15) is 0 Å². The number of methoxy groups -OCH3 is 1. The number of esters is 1. The summed E-state index contributed by atoms with van der Waals surface area (Å²) in [5.41, 5.74) is 0. The van der Waals surface area contributed by atoms with E-state index in [9.17, 15) is 13.2 Å². The maximum absolute atomic E-state index is 11.3. The van der Waals surface area contributed by atoms with Crippen LogP contribution in [0.2, 0.25) is 0 Å². The highest BCUT2D eigenvalue weighted by Gasteiger charge is 2.27. The molecule has 0 bridgehead atoms. The standard InChI is InChI=1S/C8H13NO4S/c1-4-5-6-9-14(11,12)7(2)8(10)13-3/h1,7,9H,5-6H2,2-3H3. The van der Waals surface area contributed by atoms with Crippen LogP contribution in [0.4, 0.5) is 0 Å². The molecule has 1 N–H and O–H groups in total. The smallest absolute Gasteiger partial charge is 0.325 e. The van der Waals surface area contributed by atoms with Crippen LogP contribution in [0.3, 0.4) is 0 Å². The third kappa shape index (κ3) is 3.77. The van der Waals surface area contributed by atoms with Crippen molar-refractivity contribution in [3.63, 3.8) is 0 Å². The van der Waals surface area contributed by atoms with Gasteiger partial charge in [0.1, 0.15) is 0 Å². The van der Waals surface area contributed by atoms with E-state index < -0.39 is 21.2 Å². The van der Waals surface area contributed by atoms with Gasteiger partial charge in [0.25, 0.3) is 0 Å². The van der Waals surface area contributed by atoms with Crippen molar-refractivity contribution in [1.82, 2.24) is 4.72 Å². The van der Waals surface area contributed by atoms with E-state index in [0.29, 0.717) is 0 Å². The molecule has 0 saturated heterocycles. The highest BCUT2D eigenvalue weighted by Crippen LogP contribution is 2.00. The van der Waals surface area contributed by atoms with Crippen LogP contribution < -0.4 is 4.72 Å². The molecular formula is C8H13NO4S. The summed E-state index contributed by atoms with van der Waals surface area (Å²) in [6, 6.07) is 0. The molecule has 0 aliphatic heterocycles. The lowest BCUT2D eigenvalue weighted by Crippen LogP contribution is -2.38. The summed E-state index contributed by atoms with van der Waals surface area (Å²) in [6.45, 7) is 1.38.